The summed E-state index contributed by atoms with van der Waals surface area (Å²) in [6, 6.07) is 15.6. The normalized spacial score (nSPS) is 19.7. The highest BCUT2D eigenvalue weighted by atomic mass is 16.3. The number of nitrogens with one attached hydrogen (secondary N) is 1. The van der Waals surface area contributed by atoms with Crippen molar-refractivity contribution in [3.8, 4) is 0 Å². The molecule has 2 amide bonds. The molecule has 0 aliphatic carbocycles. The smallest absolute Gasteiger partial charge is 0.271 e. The Morgan fingerprint density at radius 3 is 2.61 bits per heavy atom. The standard InChI is InChI=1S/C26H25N3O4/c1-17-7-10-19(11-8-17)25(31)27-21(14-20-4-3-13-33-20)26(32)29-16-18-9-12-23(29)22-5-2-6-24(30)28(22)15-18/h2-8,10-11,13-14,18,23H,9,12,15-16H2,1H3,(H,27,31)/b21-14-. The molecular weight excluding hydrogens is 418 g/mol. The van der Waals surface area contributed by atoms with Gasteiger partial charge in [-0.3, -0.25) is 14.4 Å². The van der Waals surface area contributed by atoms with Crippen molar-refractivity contribution in [1.82, 2.24) is 14.8 Å². The summed E-state index contributed by atoms with van der Waals surface area (Å²) in [7, 11) is 0. The van der Waals surface area contributed by atoms with E-state index in [0.29, 0.717) is 24.4 Å². The molecule has 1 fully saturated rings. The van der Waals surface area contributed by atoms with Crippen LogP contribution in [0.2, 0.25) is 0 Å². The van der Waals surface area contributed by atoms with E-state index in [4.69, 9.17) is 4.42 Å². The maximum atomic E-state index is 13.8. The summed E-state index contributed by atoms with van der Waals surface area (Å²) in [6.07, 6.45) is 4.81. The van der Waals surface area contributed by atoms with Crippen LogP contribution in [0.4, 0.5) is 0 Å². The van der Waals surface area contributed by atoms with Gasteiger partial charge in [-0.2, -0.15) is 0 Å². The molecule has 5 heterocycles. The minimum Gasteiger partial charge on any atom is -0.465 e. The molecule has 0 spiro atoms. The molecule has 3 aliphatic heterocycles. The summed E-state index contributed by atoms with van der Waals surface area (Å²) in [4.78, 5) is 41.0. The molecule has 1 saturated heterocycles. The number of aromatic nitrogens is 1. The predicted molar refractivity (Wildman–Crippen MR) is 123 cm³/mol. The Morgan fingerprint density at radius 2 is 1.85 bits per heavy atom. The minimum absolute atomic E-state index is 0.0438. The number of carbonyl (C=O) groups excluding carboxylic acids is 2. The van der Waals surface area contributed by atoms with Crippen LogP contribution >= 0.6 is 0 Å². The van der Waals surface area contributed by atoms with Gasteiger partial charge in [0.1, 0.15) is 11.5 Å². The highest BCUT2D eigenvalue weighted by Crippen LogP contribution is 2.38. The molecule has 7 heteroatoms. The number of furan rings is 1. The lowest BCUT2D eigenvalue weighted by Crippen LogP contribution is -2.44. The van der Waals surface area contributed by atoms with E-state index in [1.165, 1.54) is 6.26 Å². The molecule has 0 radical (unpaired) electrons. The summed E-state index contributed by atoms with van der Waals surface area (Å²) in [5.74, 6) is 0.00689. The van der Waals surface area contributed by atoms with Gasteiger partial charge in [-0.1, -0.05) is 23.8 Å². The lowest BCUT2D eigenvalue weighted by Gasteiger charge is -2.37. The lowest BCUT2D eigenvalue weighted by molar-refractivity contribution is -0.132. The van der Waals surface area contributed by atoms with Crippen LogP contribution < -0.4 is 10.9 Å². The van der Waals surface area contributed by atoms with Crippen molar-refractivity contribution in [2.45, 2.75) is 32.4 Å². The lowest BCUT2D eigenvalue weighted by atomic mass is 9.93. The number of nitrogens with zero attached hydrogens (tertiary/aromatic N) is 2. The number of fused-ring (bicyclic) bond motifs is 2. The second-order valence-corrected chi connectivity index (χ2v) is 8.71. The fourth-order valence-electron chi connectivity index (χ4n) is 4.73. The molecule has 1 aromatic carbocycles. The molecule has 168 valence electrons. The van der Waals surface area contributed by atoms with Gasteiger partial charge in [-0.15, -0.1) is 0 Å². The molecule has 1 N–H and O–H groups in total. The molecule has 2 unspecified atom stereocenters. The zero-order chi connectivity index (χ0) is 22.9. The van der Waals surface area contributed by atoms with Gasteiger partial charge in [0.2, 0.25) is 0 Å². The van der Waals surface area contributed by atoms with Gasteiger partial charge in [0.15, 0.2) is 0 Å². The number of carbonyl (C=O) groups is 2. The third-order valence-electron chi connectivity index (χ3n) is 6.43. The number of pyridine rings is 1. The van der Waals surface area contributed by atoms with Crippen molar-refractivity contribution in [2.75, 3.05) is 6.54 Å². The summed E-state index contributed by atoms with van der Waals surface area (Å²) >= 11 is 0. The summed E-state index contributed by atoms with van der Waals surface area (Å²) in [6.45, 7) is 3.08. The monoisotopic (exact) mass is 443 g/mol. The Balaban J connectivity index is 1.49. The first-order valence-corrected chi connectivity index (χ1v) is 11.1. The van der Waals surface area contributed by atoms with Gasteiger partial charge < -0.3 is 19.2 Å². The molecule has 6 rings (SSSR count). The van der Waals surface area contributed by atoms with Crippen LogP contribution in [0.25, 0.3) is 6.08 Å². The topological polar surface area (TPSA) is 84.6 Å². The van der Waals surface area contributed by atoms with Crippen LogP contribution in [-0.2, 0) is 11.3 Å². The zero-order valence-corrected chi connectivity index (χ0v) is 18.4. The van der Waals surface area contributed by atoms with Crippen molar-refractivity contribution in [2.24, 2.45) is 5.92 Å². The maximum Gasteiger partial charge on any atom is 0.271 e. The van der Waals surface area contributed by atoms with Crippen LogP contribution in [0.5, 0.6) is 0 Å². The second kappa shape index (κ2) is 8.58. The summed E-state index contributed by atoms with van der Waals surface area (Å²) in [5.41, 5.74) is 2.46. The van der Waals surface area contributed by atoms with Gasteiger partial charge in [0.25, 0.3) is 17.4 Å². The molecule has 3 aliphatic rings. The molecule has 2 bridgehead atoms. The fourth-order valence-corrected chi connectivity index (χ4v) is 4.73. The largest absolute Gasteiger partial charge is 0.465 e. The Bertz CT molecular complexity index is 1270. The molecule has 0 saturated carbocycles. The van der Waals surface area contributed by atoms with Crippen LogP contribution in [0.15, 0.2) is 75.8 Å². The SMILES string of the molecule is Cc1ccc(C(=O)N/C(=C\c2ccco2)C(=O)N2CC3CCC2c2cccc(=O)n2C3)cc1. The first-order chi connectivity index (χ1) is 16.0. The Morgan fingerprint density at radius 1 is 1.03 bits per heavy atom. The van der Waals surface area contributed by atoms with Crippen LogP contribution in [-0.4, -0.2) is 27.8 Å². The van der Waals surface area contributed by atoms with E-state index in [1.54, 1.807) is 51.9 Å². The highest BCUT2D eigenvalue weighted by Gasteiger charge is 2.39. The van der Waals surface area contributed by atoms with Crippen LogP contribution in [0.3, 0.4) is 0 Å². The average molecular weight is 444 g/mol. The van der Waals surface area contributed by atoms with Gasteiger partial charge in [-0.25, -0.2) is 0 Å². The quantitative estimate of drug-likeness (QED) is 0.626. The van der Waals surface area contributed by atoms with Gasteiger partial charge in [0.05, 0.1) is 12.3 Å². The Hall–Kier alpha value is -3.87. The Kier molecular flexibility index (Phi) is 5.46. The van der Waals surface area contributed by atoms with Gasteiger partial charge >= 0.3 is 0 Å². The number of benzene rings is 1. The van der Waals surface area contributed by atoms with Crippen LogP contribution in [0.1, 0.15) is 46.3 Å². The third kappa shape index (κ3) is 4.14. The minimum atomic E-state index is -0.363. The highest BCUT2D eigenvalue weighted by molar-refractivity contribution is 6.05. The van der Waals surface area contributed by atoms with Gasteiger partial charge in [-0.05, 0) is 56.0 Å². The number of aryl methyl sites for hydroxylation is 1. The van der Waals surface area contributed by atoms with Crippen molar-refractivity contribution in [3.63, 3.8) is 0 Å². The third-order valence-corrected chi connectivity index (χ3v) is 6.43. The first-order valence-electron chi connectivity index (χ1n) is 11.1. The molecule has 7 nitrogen and oxygen atoms in total. The number of piperidine rings is 1. The van der Waals surface area contributed by atoms with E-state index >= 15 is 0 Å². The van der Waals surface area contributed by atoms with Crippen molar-refractivity contribution >= 4 is 17.9 Å². The zero-order valence-electron chi connectivity index (χ0n) is 18.4. The fraction of sp³-hybridized carbons (Fsp3) is 0.269. The molecule has 3 aromatic rings. The van der Waals surface area contributed by atoms with E-state index < -0.39 is 0 Å². The molecule has 2 atom stereocenters. The Labute approximate surface area is 191 Å². The molecule has 2 aromatic heterocycles. The molecule has 33 heavy (non-hydrogen) atoms. The maximum absolute atomic E-state index is 13.8. The molecular formula is C26H25N3O4. The van der Waals surface area contributed by atoms with Gasteiger partial charge in [0, 0.05) is 36.5 Å². The number of hydrogen-bond acceptors (Lipinski definition) is 4. The first kappa shape index (κ1) is 21.0. The van der Waals surface area contributed by atoms with Crippen molar-refractivity contribution in [3.05, 3.63) is 99.5 Å². The summed E-state index contributed by atoms with van der Waals surface area (Å²) < 4.78 is 7.21. The van der Waals surface area contributed by atoms with E-state index in [-0.39, 0.29) is 35.0 Å². The predicted octanol–water partition coefficient (Wildman–Crippen LogP) is 3.51. The number of hydrogen-bond donors (Lipinski definition) is 1. The van der Waals surface area contributed by atoms with E-state index in [2.05, 4.69) is 5.32 Å². The van der Waals surface area contributed by atoms with E-state index in [9.17, 15) is 14.4 Å². The van der Waals surface area contributed by atoms with Crippen molar-refractivity contribution in [1.29, 1.82) is 0 Å². The van der Waals surface area contributed by atoms with Crippen LogP contribution in [0, 0.1) is 12.8 Å². The number of rotatable bonds is 4. The van der Waals surface area contributed by atoms with Crippen molar-refractivity contribution < 1.29 is 14.0 Å². The van der Waals surface area contributed by atoms with E-state index in [0.717, 1.165) is 24.1 Å². The van der Waals surface area contributed by atoms with E-state index in [1.807, 2.05) is 25.1 Å². The summed E-state index contributed by atoms with van der Waals surface area (Å²) in [5, 5.41) is 2.81. The number of amides is 2. The second-order valence-electron chi connectivity index (χ2n) is 8.71. The average Bonchev–Trinajstić information content (AvgIpc) is 3.19.